The number of hydrogen-bond acceptors (Lipinski definition) is 5. The number of halogens is 1. The normalized spacial score (nSPS) is 14.5. The molecule has 3 aromatic rings. The molecule has 0 bridgehead atoms. The molecule has 1 atom stereocenters. The monoisotopic (exact) mass is 414 g/mol. The van der Waals surface area contributed by atoms with Crippen molar-refractivity contribution in [2.24, 2.45) is 0 Å². The lowest BCUT2D eigenvalue weighted by atomic mass is 10.1. The van der Waals surface area contributed by atoms with E-state index in [4.69, 9.17) is 16.3 Å². The molecule has 1 aliphatic carbocycles. The number of hydrogen-bond donors (Lipinski definition) is 2. The molecule has 4 rings (SSSR count). The zero-order valence-electron chi connectivity index (χ0n) is 15.0. The van der Waals surface area contributed by atoms with E-state index >= 15 is 0 Å². The summed E-state index contributed by atoms with van der Waals surface area (Å²) >= 11 is 7.20. The maximum atomic E-state index is 12.7. The van der Waals surface area contributed by atoms with Crippen LogP contribution in [0.15, 0.2) is 59.8 Å². The van der Waals surface area contributed by atoms with Gasteiger partial charge in [0.05, 0.1) is 0 Å². The number of aromatic nitrogens is 3. The third kappa shape index (κ3) is 5.05. The van der Waals surface area contributed by atoms with Crippen LogP contribution >= 0.6 is 23.4 Å². The lowest BCUT2D eigenvalue weighted by Gasteiger charge is -2.15. The van der Waals surface area contributed by atoms with Crippen LogP contribution in [0.4, 0.5) is 0 Å². The van der Waals surface area contributed by atoms with Crippen LogP contribution in [0.5, 0.6) is 5.75 Å². The molecule has 28 heavy (non-hydrogen) atoms. The average Bonchev–Trinajstić information content (AvgIpc) is 3.41. The van der Waals surface area contributed by atoms with Gasteiger partial charge in [0.15, 0.2) is 5.82 Å². The van der Waals surface area contributed by atoms with Crippen LogP contribution in [0.25, 0.3) is 0 Å². The predicted molar refractivity (Wildman–Crippen MR) is 108 cm³/mol. The quantitative estimate of drug-likeness (QED) is 0.541. The molecule has 1 aromatic heterocycles. The summed E-state index contributed by atoms with van der Waals surface area (Å²) < 4.78 is 5.68. The van der Waals surface area contributed by atoms with Crippen molar-refractivity contribution in [3.05, 3.63) is 71.0 Å². The van der Waals surface area contributed by atoms with Crippen molar-refractivity contribution >= 4 is 29.3 Å². The fourth-order valence-corrected chi connectivity index (χ4v) is 3.65. The number of amides is 1. The van der Waals surface area contributed by atoms with Gasteiger partial charge in [0.2, 0.25) is 11.1 Å². The van der Waals surface area contributed by atoms with Crippen LogP contribution < -0.4 is 10.1 Å². The molecule has 0 saturated heterocycles. The fourth-order valence-electron chi connectivity index (χ4n) is 2.59. The highest BCUT2D eigenvalue weighted by Gasteiger charge is 2.30. The van der Waals surface area contributed by atoms with Crippen molar-refractivity contribution in [1.82, 2.24) is 20.5 Å². The topological polar surface area (TPSA) is 79.9 Å². The van der Waals surface area contributed by atoms with Crippen LogP contribution in [0.1, 0.15) is 29.5 Å². The molecule has 8 heteroatoms. The van der Waals surface area contributed by atoms with E-state index in [0.29, 0.717) is 27.8 Å². The third-order valence-corrected chi connectivity index (χ3v) is 5.56. The van der Waals surface area contributed by atoms with Gasteiger partial charge in [0.25, 0.3) is 0 Å². The molecule has 1 unspecified atom stereocenters. The van der Waals surface area contributed by atoms with Crippen LogP contribution in [0.2, 0.25) is 5.02 Å². The molecule has 0 aliphatic heterocycles. The number of benzene rings is 2. The number of carbonyl (C=O) groups is 1. The molecule has 1 saturated carbocycles. The van der Waals surface area contributed by atoms with Crippen LogP contribution in [0.3, 0.4) is 0 Å². The summed E-state index contributed by atoms with van der Waals surface area (Å²) in [5.41, 5.74) is 0.925. The van der Waals surface area contributed by atoms with Crippen LogP contribution in [-0.2, 0) is 11.4 Å². The van der Waals surface area contributed by atoms with Gasteiger partial charge in [0.1, 0.15) is 17.6 Å². The molecular formula is C20H19ClN4O2S. The van der Waals surface area contributed by atoms with Crippen molar-refractivity contribution in [2.45, 2.75) is 35.9 Å². The lowest BCUT2D eigenvalue weighted by molar-refractivity contribution is -0.120. The number of nitrogens with zero attached hydrogens (tertiary/aromatic N) is 2. The van der Waals surface area contributed by atoms with E-state index in [0.717, 1.165) is 18.4 Å². The Morgan fingerprint density at radius 1 is 1.21 bits per heavy atom. The van der Waals surface area contributed by atoms with Crippen molar-refractivity contribution < 1.29 is 9.53 Å². The Morgan fingerprint density at radius 2 is 1.96 bits per heavy atom. The summed E-state index contributed by atoms with van der Waals surface area (Å²) in [6.07, 6.45) is 2.09. The van der Waals surface area contributed by atoms with Gasteiger partial charge in [-0.25, -0.2) is 4.98 Å². The molecular weight excluding hydrogens is 396 g/mol. The molecule has 0 radical (unpaired) electrons. The number of thioether (sulfide) groups is 1. The van der Waals surface area contributed by atoms with Crippen LogP contribution in [0, 0.1) is 0 Å². The SMILES string of the molecule is O=C(NC1CC1)C(Sc1n[nH]c(COc2ccc(Cl)cc2)n1)c1ccccc1. The van der Waals surface area contributed by atoms with Gasteiger partial charge in [-0.15, -0.1) is 5.10 Å². The molecule has 6 nitrogen and oxygen atoms in total. The summed E-state index contributed by atoms with van der Waals surface area (Å²) in [4.78, 5) is 17.2. The van der Waals surface area contributed by atoms with E-state index in [-0.39, 0.29) is 12.5 Å². The second-order valence-electron chi connectivity index (χ2n) is 6.50. The molecule has 2 aromatic carbocycles. The van der Waals surface area contributed by atoms with Crippen molar-refractivity contribution in [3.63, 3.8) is 0 Å². The zero-order valence-corrected chi connectivity index (χ0v) is 16.5. The highest BCUT2D eigenvalue weighted by atomic mass is 35.5. The summed E-state index contributed by atoms with van der Waals surface area (Å²) in [7, 11) is 0. The smallest absolute Gasteiger partial charge is 0.238 e. The first-order valence-electron chi connectivity index (χ1n) is 8.99. The third-order valence-electron chi connectivity index (χ3n) is 4.19. The fraction of sp³-hybridized carbons (Fsp3) is 0.250. The molecule has 1 amide bonds. The first-order valence-corrected chi connectivity index (χ1v) is 10.2. The number of ether oxygens (including phenoxy) is 1. The molecule has 1 aliphatic rings. The van der Waals surface area contributed by atoms with E-state index in [2.05, 4.69) is 20.5 Å². The van der Waals surface area contributed by atoms with Gasteiger partial charge < -0.3 is 10.1 Å². The Balaban J connectivity index is 1.42. The van der Waals surface area contributed by atoms with Gasteiger partial charge >= 0.3 is 0 Å². The van der Waals surface area contributed by atoms with Gasteiger partial charge in [-0.3, -0.25) is 9.89 Å². The molecule has 0 spiro atoms. The summed E-state index contributed by atoms with van der Waals surface area (Å²) in [5, 5.41) is 10.9. The summed E-state index contributed by atoms with van der Waals surface area (Å²) in [5.74, 6) is 1.27. The maximum Gasteiger partial charge on any atom is 0.238 e. The van der Waals surface area contributed by atoms with E-state index in [1.165, 1.54) is 11.8 Å². The maximum absolute atomic E-state index is 12.7. The minimum Gasteiger partial charge on any atom is -0.486 e. The lowest BCUT2D eigenvalue weighted by Crippen LogP contribution is -2.29. The zero-order chi connectivity index (χ0) is 19.3. The highest BCUT2D eigenvalue weighted by Crippen LogP contribution is 2.34. The van der Waals surface area contributed by atoms with E-state index in [1.54, 1.807) is 24.3 Å². The van der Waals surface area contributed by atoms with Crippen molar-refractivity contribution in [2.75, 3.05) is 0 Å². The Hall–Kier alpha value is -2.51. The van der Waals surface area contributed by atoms with Crippen LogP contribution in [-0.4, -0.2) is 27.1 Å². The number of rotatable bonds is 8. The number of aromatic amines is 1. The first kappa shape index (κ1) is 18.8. The molecule has 2 N–H and O–H groups in total. The van der Waals surface area contributed by atoms with E-state index in [1.807, 2.05) is 30.3 Å². The second kappa shape index (κ2) is 8.67. The standard InChI is InChI=1S/C20H19ClN4O2S/c21-14-6-10-16(11-7-14)27-12-17-23-20(25-24-17)28-18(13-4-2-1-3-5-13)19(26)22-15-8-9-15/h1-7,10-11,15,18H,8-9,12H2,(H,22,26)(H,23,24,25). The number of carbonyl (C=O) groups excluding carboxylic acids is 1. The minimum atomic E-state index is -0.400. The molecule has 1 fully saturated rings. The van der Waals surface area contributed by atoms with Gasteiger partial charge in [-0.05, 0) is 42.7 Å². The summed E-state index contributed by atoms with van der Waals surface area (Å²) in [6.45, 7) is 0.249. The average molecular weight is 415 g/mol. The molecule has 144 valence electrons. The Labute approximate surface area is 172 Å². The van der Waals surface area contributed by atoms with Gasteiger partial charge in [-0.1, -0.05) is 53.7 Å². The Kier molecular flexibility index (Phi) is 5.83. The highest BCUT2D eigenvalue weighted by molar-refractivity contribution is 8.00. The molecule has 1 heterocycles. The second-order valence-corrected chi connectivity index (χ2v) is 8.01. The Morgan fingerprint density at radius 3 is 2.68 bits per heavy atom. The van der Waals surface area contributed by atoms with E-state index < -0.39 is 5.25 Å². The van der Waals surface area contributed by atoms with Crippen molar-refractivity contribution in [1.29, 1.82) is 0 Å². The largest absolute Gasteiger partial charge is 0.486 e. The van der Waals surface area contributed by atoms with E-state index in [9.17, 15) is 4.79 Å². The minimum absolute atomic E-state index is 0.0116. The van der Waals surface area contributed by atoms with Crippen molar-refractivity contribution in [3.8, 4) is 5.75 Å². The predicted octanol–water partition coefficient (Wildman–Crippen LogP) is 4.15. The van der Waals surface area contributed by atoms with Gasteiger partial charge in [0, 0.05) is 11.1 Å². The number of nitrogens with one attached hydrogen (secondary N) is 2. The first-order chi connectivity index (χ1) is 13.7. The number of H-pyrrole nitrogens is 1. The van der Waals surface area contributed by atoms with Gasteiger partial charge in [-0.2, -0.15) is 0 Å². The summed E-state index contributed by atoms with van der Waals surface area (Å²) in [6, 6.07) is 17.1. The Bertz CT molecular complexity index is 929.